The van der Waals surface area contributed by atoms with Gasteiger partial charge in [0, 0.05) is 50.9 Å². The molecule has 3 aromatic rings. The average molecular weight is 366 g/mol. The first kappa shape index (κ1) is 17.6. The van der Waals surface area contributed by atoms with Crippen molar-refractivity contribution in [3.63, 3.8) is 0 Å². The van der Waals surface area contributed by atoms with E-state index in [1.165, 1.54) is 6.92 Å². The van der Waals surface area contributed by atoms with Crippen molar-refractivity contribution in [2.45, 2.75) is 25.9 Å². The molecule has 4 rings (SSSR count). The Morgan fingerprint density at radius 3 is 2.93 bits per heavy atom. The number of amides is 1. The van der Waals surface area contributed by atoms with Crippen molar-refractivity contribution in [3.8, 4) is 5.82 Å². The van der Waals surface area contributed by atoms with Gasteiger partial charge < -0.3 is 19.4 Å². The highest BCUT2D eigenvalue weighted by molar-refractivity contribution is 5.91. The van der Waals surface area contributed by atoms with E-state index in [0.29, 0.717) is 19.0 Å². The van der Waals surface area contributed by atoms with Crippen LogP contribution in [-0.2, 0) is 19.9 Å². The first-order valence-corrected chi connectivity index (χ1v) is 8.88. The molecule has 7 heteroatoms. The zero-order valence-electron chi connectivity index (χ0n) is 15.7. The number of fused-ring (bicyclic) bond motifs is 1. The molecule has 0 bridgehead atoms. The number of aromatic nitrogens is 3. The minimum atomic E-state index is -0.507. The van der Waals surface area contributed by atoms with Gasteiger partial charge in [-0.05, 0) is 30.7 Å². The van der Waals surface area contributed by atoms with Gasteiger partial charge in [-0.2, -0.15) is 0 Å². The van der Waals surface area contributed by atoms with Crippen LogP contribution in [0.2, 0.25) is 0 Å². The van der Waals surface area contributed by atoms with E-state index in [4.69, 9.17) is 14.5 Å². The van der Waals surface area contributed by atoms with Crippen LogP contribution in [0.1, 0.15) is 24.6 Å². The maximum atomic E-state index is 11.4. The molecule has 0 saturated carbocycles. The number of carbonyl (C=O) groups is 1. The summed E-state index contributed by atoms with van der Waals surface area (Å²) in [5.74, 6) is 1.16. The molecule has 0 spiro atoms. The summed E-state index contributed by atoms with van der Waals surface area (Å²) in [6.45, 7) is 4.68. The number of hydrogen-bond acceptors (Lipinski definition) is 5. The van der Waals surface area contributed by atoms with Gasteiger partial charge >= 0.3 is 0 Å². The van der Waals surface area contributed by atoms with Crippen LogP contribution in [-0.4, -0.2) is 40.8 Å². The normalized spacial score (nSPS) is 19.5. The molecule has 0 unspecified atom stereocenters. The van der Waals surface area contributed by atoms with E-state index < -0.39 is 5.60 Å². The second kappa shape index (κ2) is 6.75. The number of nitrogens with one attached hydrogen (secondary N) is 1. The van der Waals surface area contributed by atoms with Crippen molar-refractivity contribution < 1.29 is 14.3 Å². The molecule has 0 radical (unpaired) electrons. The molecule has 4 heterocycles. The summed E-state index contributed by atoms with van der Waals surface area (Å²) in [6, 6.07) is 7.91. The zero-order chi connectivity index (χ0) is 19.0. The summed E-state index contributed by atoms with van der Waals surface area (Å²) >= 11 is 0. The molecular weight excluding hydrogens is 344 g/mol. The summed E-state index contributed by atoms with van der Waals surface area (Å²) in [7, 11) is 1.70. The van der Waals surface area contributed by atoms with E-state index in [1.54, 1.807) is 13.3 Å². The standard InChI is InChI=1S/C20H22N4O3/c1-13-8-17(20(26-3)5-7-27-12-20)23-19(9-13)24-6-4-15-11-21-18(10-16(15)24)22-14(2)25/h4,6,8-11H,5,7,12H2,1-3H3,(H,21,22,25)/t20-/m1/s1. The third kappa shape index (κ3) is 3.20. The first-order chi connectivity index (χ1) is 13.0. The number of carbonyl (C=O) groups excluding carboxylic acids is 1. The van der Waals surface area contributed by atoms with Gasteiger partial charge in [0.25, 0.3) is 0 Å². The lowest BCUT2D eigenvalue weighted by molar-refractivity contribution is -0.114. The van der Waals surface area contributed by atoms with Gasteiger partial charge in [0.05, 0.1) is 17.8 Å². The topological polar surface area (TPSA) is 78.3 Å². The smallest absolute Gasteiger partial charge is 0.222 e. The molecule has 140 valence electrons. The third-order valence-electron chi connectivity index (χ3n) is 4.92. The Balaban J connectivity index is 1.82. The van der Waals surface area contributed by atoms with Crippen LogP contribution >= 0.6 is 0 Å². The van der Waals surface area contributed by atoms with E-state index in [-0.39, 0.29) is 5.91 Å². The van der Waals surface area contributed by atoms with Gasteiger partial charge in [0.2, 0.25) is 5.91 Å². The predicted molar refractivity (Wildman–Crippen MR) is 102 cm³/mol. The van der Waals surface area contributed by atoms with E-state index in [2.05, 4.69) is 16.4 Å². The molecule has 1 fully saturated rings. The van der Waals surface area contributed by atoms with Crippen molar-refractivity contribution in [1.29, 1.82) is 0 Å². The number of ether oxygens (including phenoxy) is 2. The van der Waals surface area contributed by atoms with Crippen LogP contribution in [0, 0.1) is 6.92 Å². The lowest BCUT2D eigenvalue weighted by Crippen LogP contribution is -2.30. The van der Waals surface area contributed by atoms with Crippen LogP contribution in [0.4, 0.5) is 5.82 Å². The number of aryl methyl sites for hydroxylation is 1. The lowest BCUT2D eigenvalue weighted by atomic mass is 9.97. The van der Waals surface area contributed by atoms with E-state index >= 15 is 0 Å². The van der Waals surface area contributed by atoms with Crippen molar-refractivity contribution >= 4 is 22.6 Å². The number of hydrogen-bond donors (Lipinski definition) is 1. The highest BCUT2D eigenvalue weighted by Gasteiger charge is 2.38. The highest BCUT2D eigenvalue weighted by atomic mass is 16.5. The molecular formula is C20H22N4O3. The Morgan fingerprint density at radius 2 is 2.22 bits per heavy atom. The van der Waals surface area contributed by atoms with E-state index in [1.807, 2.05) is 35.9 Å². The first-order valence-electron chi connectivity index (χ1n) is 8.88. The van der Waals surface area contributed by atoms with Crippen molar-refractivity contribution in [2.24, 2.45) is 0 Å². The molecule has 1 N–H and O–H groups in total. The molecule has 1 atom stereocenters. The monoisotopic (exact) mass is 366 g/mol. The van der Waals surface area contributed by atoms with Crippen molar-refractivity contribution in [1.82, 2.24) is 14.5 Å². The van der Waals surface area contributed by atoms with Crippen LogP contribution in [0.3, 0.4) is 0 Å². The van der Waals surface area contributed by atoms with E-state index in [0.717, 1.165) is 34.4 Å². The Bertz CT molecular complexity index is 1010. The summed E-state index contributed by atoms with van der Waals surface area (Å²) in [5, 5.41) is 3.70. The van der Waals surface area contributed by atoms with Gasteiger partial charge in [-0.25, -0.2) is 9.97 Å². The van der Waals surface area contributed by atoms with Gasteiger partial charge in [-0.15, -0.1) is 0 Å². The van der Waals surface area contributed by atoms with Crippen molar-refractivity contribution in [3.05, 3.63) is 47.9 Å². The fourth-order valence-electron chi connectivity index (χ4n) is 3.50. The number of methoxy groups -OCH3 is 1. The number of rotatable bonds is 4. The molecule has 3 aromatic heterocycles. The molecule has 27 heavy (non-hydrogen) atoms. The molecule has 1 aliphatic heterocycles. The fourth-order valence-corrected chi connectivity index (χ4v) is 3.50. The molecule has 0 aromatic carbocycles. The Hall–Kier alpha value is -2.77. The number of anilines is 1. The molecule has 7 nitrogen and oxygen atoms in total. The molecule has 1 amide bonds. The second-order valence-corrected chi connectivity index (χ2v) is 6.88. The Morgan fingerprint density at radius 1 is 1.37 bits per heavy atom. The maximum Gasteiger partial charge on any atom is 0.222 e. The summed E-state index contributed by atoms with van der Waals surface area (Å²) in [6.07, 6.45) is 4.48. The molecule has 0 aliphatic carbocycles. The quantitative estimate of drug-likeness (QED) is 0.768. The average Bonchev–Trinajstić information content (AvgIpc) is 3.28. The van der Waals surface area contributed by atoms with Gasteiger partial charge in [-0.3, -0.25) is 4.79 Å². The lowest BCUT2D eigenvalue weighted by Gasteiger charge is -2.26. The molecule has 1 saturated heterocycles. The fraction of sp³-hybridized carbons (Fsp3) is 0.350. The third-order valence-corrected chi connectivity index (χ3v) is 4.92. The second-order valence-electron chi connectivity index (χ2n) is 6.88. The summed E-state index contributed by atoms with van der Waals surface area (Å²) < 4.78 is 13.4. The predicted octanol–water partition coefficient (Wildman–Crippen LogP) is 2.95. The van der Waals surface area contributed by atoms with Gasteiger partial charge in [-0.1, -0.05) is 0 Å². The van der Waals surface area contributed by atoms with Crippen LogP contribution < -0.4 is 5.32 Å². The largest absolute Gasteiger partial charge is 0.378 e. The minimum absolute atomic E-state index is 0.154. The maximum absolute atomic E-state index is 11.4. The van der Waals surface area contributed by atoms with Crippen molar-refractivity contribution in [2.75, 3.05) is 25.6 Å². The number of pyridine rings is 2. The SMILES string of the molecule is CO[C@]1(c2cc(C)cc(-n3ccc4cnc(NC(C)=O)cc43)n2)CCOC1. The minimum Gasteiger partial charge on any atom is -0.378 e. The van der Waals surface area contributed by atoms with Crippen LogP contribution in [0.5, 0.6) is 0 Å². The van der Waals surface area contributed by atoms with E-state index in [9.17, 15) is 4.79 Å². The summed E-state index contributed by atoms with van der Waals surface area (Å²) in [5.41, 5.74) is 2.38. The Kier molecular flexibility index (Phi) is 4.41. The van der Waals surface area contributed by atoms with Crippen LogP contribution in [0.25, 0.3) is 16.7 Å². The highest BCUT2D eigenvalue weighted by Crippen LogP contribution is 2.34. The summed E-state index contributed by atoms with van der Waals surface area (Å²) in [4.78, 5) is 20.5. The van der Waals surface area contributed by atoms with Crippen LogP contribution in [0.15, 0.2) is 36.7 Å². The van der Waals surface area contributed by atoms with Gasteiger partial charge in [0.15, 0.2) is 0 Å². The van der Waals surface area contributed by atoms with Gasteiger partial charge in [0.1, 0.15) is 17.2 Å². The molecule has 1 aliphatic rings. The number of nitrogens with zero attached hydrogens (tertiary/aromatic N) is 3. The zero-order valence-corrected chi connectivity index (χ0v) is 15.7. The Labute approximate surface area is 157 Å².